The van der Waals surface area contributed by atoms with Crippen molar-refractivity contribution in [3.05, 3.63) is 42.2 Å². The van der Waals surface area contributed by atoms with Crippen LogP contribution >= 0.6 is 0 Å². The fourth-order valence-corrected chi connectivity index (χ4v) is 4.02. The number of hydrogen-bond acceptors (Lipinski definition) is 6. The van der Waals surface area contributed by atoms with Gasteiger partial charge in [0.05, 0.1) is 12.3 Å². The Labute approximate surface area is 201 Å². The molecule has 1 aliphatic rings. The number of rotatable bonds is 8. The first kappa shape index (κ1) is 25.5. The van der Waals surface area contributed by atoms with Gasteiger partial charge in [-0.3, -0.25) is 9.78 Å². The Kier molecular flexibility index (Phi) is 8.85. The first-order valence-corrected chi connectivity index (χ1v) is 12.0. The topological polar surface area (TPSA) is 102 Å². The molecule has 0 unspecified atom stereocenters. The first-order chi connectivity index (χ1) is 16.2. The maximum absolute atomic E-state index is 12.7. The number of aromatic nitrogens is 2. The van der Waals surface area contributed by atoms with Gasteiger partial charge in [-0.25, -0.2) is 9.78 Å². The second-order valence-electron chi connectivity index (χ2n) is 9.73. The van der Waals surface area contributed by atoms with Gasteiger partial charge in [0, 0.05) is 42.7 Å². The maximum atomic E-state index is 12.7. The van der Waals surface area contributed by atoms with E-state index in [0.29, 0.717) is 48.7 Å². The number of ether oxygens (including phenoxy) is 2. The summed E-state index contributed by atoms with van der Waals surface area (Å²) in [6.07, 6.45) is 7.09. The minimum atomic E-state index is -0.485. The number of alkyl carbamates (subject to hydrolysis) is 1. The van der Waals surface area contributed by atoms with Crippen molar-refractivity contribution in [2.24, 2.45) is 11.8 Å². The monoisotopic (exact) mass is 468 g/mol. The summed E-state index contributed by atoms with van der Waals surface area (Å²) < 4.78 is 10.7. The third-order valence-corrected chi connectivity index (χ3v) is 5.80. The second-order valence-corrected chi connectivity index (χ2v) is 9.73. The van der Waals surface area contributed by atoms with E-state index in [0.717, 1.165) is 31.2 Å². The van der Waals surface area contributed by atoms with Crippen LogP contribution in [0.2, 0.25) is 0 Å². The van der Waals surface area contributed by atoms with Gasteiger partial charge in [0.2, 0.25) is 5.88 Å². The summed E-state index contributed by atoms with van der Waals surface area (Å²) in [4.78, 5) is 33.2. The molecule has 2 heterocycles. The predicted molar refractivity (Wildman–Crippen MR) is 131 cm³/mol. The highest BCUT2D eigenvalue weighted by atomic mass is 16.6. The smallest absolute Gasteiger partial charge is 0.407 e. The van der Waals surface area contributed by atoms with Crippen LogP contribution in [-0.4, -0.2) is 47.3 Å². The first-order valence-electron chi connectivity index (χ1n) is 12.0. The molecule has 0 spiro atoms. The number of nitrogens with one attached hydrogen (secondary N) is 2. The quantitative estimate of drug-likeness (QED) is 0.587. The van der Waals surface area contributed by atoms with Gasteiger partial charge in [-0.2, -0.15) is 0 Å². The molecular formula is C26H36N4O4. The van der Waals surface area contributed by atoms with Crippen molar-refractivity contribution in [2.45, 2.75) is 59.0 Å². The lowest BCUT2D eigenvalue weighted by atomic mass is 9.82. The molecule has 2 aromatic rings. The maximum Gasteiger partial charge on any atom is 0.407 e. The molecule has 1 saturated carbocycles. The van der Waals surface area contributed by atoms with E-state index in [1.807, 2.05) is 33.8 Å². The molecule has 2 amide bonds. The van der Waals surface area contributed by atoms with Crippen molar-refractivity contribution in [3.8, 4) is 17.1 Å². The average molecular weight is 469 g/mol. The van der Waals surface area contributed by atoms with E-state index in [1.54, 1.807) is 30.6 Å². The standard InChI is InChI=1S/C26H36N4O4/c1-5-33-23-11-10-21(17-28-23)22-14-20(12-13-27-22)24(31)29-15-18-6-8-19(9-7-18)16-30-25(32)34-26(2,3)4/h10-14,17-19H,5-9,15-16H2,1-4H3,(H,29,31)(H,30,32). The zero-order valence-electron chi connectivity index (χ0n) is 20.6. The molecular weight excluding hydrogens is 432 g/mol. The number of pyridine rings is 2. The number of carbonyl (C=O) groups is 2. The fraction of sp³-hybridized carbons (Fsp3) is 0.538. The summed E-state index contributed by atoms with van der Waals surface area (Å²) in [6.45, 7) is 9.32. The van der Waals surface area contributed by atoms with Gasteiger partial charge in [-0.1, -0.05) is 0 Å². The molecule has 0 aromatic carbocycles. The summed E-state index contributed by atoms with van der Waals surface area (Å²) in [5, 5.41) is 5.95. The Hall–Kier alpha value is -3.16. The number of hydrogen-bond donors (Lipinski definition) is 2. The Morgan fingerprint density at radius 1 is 1.00 bits per heavy atom. The Bertz CT molecular complexity index is 948. The van der Waals surface area contributed by atoms with Gasteiger partial charge < -0.3 is 20.1 Å². The van der Waals surface area contributed by atoms with Crippen LogP contribution in [0.5, 0.6) is 5.88 Å². The molecule has 0 atom stereocenters. The number of amides is 2. The minimum absolute atomic E-state index is 0.101. The highest BCUT2D eigenvalue weighted by molar-refractivity contribution is 5.95. The highest BCUT2D eigenvalue weighted by Gasteiger charge is 2.23. The van der Waals surface area contributed by atoms with Crippen LogP contribution < -0.4 is 15.4 Å². The minimum Gasteiger partial charge on any atom is -0.478 e. The van der Waals surface area contributed by atoms with Crippen molar-refractivity contribution < 1.29 is 19.1 Å². The van der Waals surface area contributed by atoms with Gasteiger partial charge in [0.15, 0.2) is 0 Å². The lowest BCUT2D eigenvalue weighted by molar-refractivity contribution is 0.0512. The van der Waals surface area contributed by atoms with Crippen molar-refractivity contribution in [1.82, 2.24) is 20.6 Å². The number of nitrogens with zero attached hydrogens (tertiary/aromatic N) is 2. The van der Waals surface area contributed by atoms with Crippen molar-refractivity contribution in [2.75, 3.05) is 19.7 Å². The van der Waals surface area contributed by atoms with Crippen molar-refractivity contribution >= 4 is 12.0 Å². The largest absolute Gasteiger partial charge is 0.478 e. The van der Waals surface area contributed by atoms with Gasteiger partial charge in [-0.05, 0) is 83.4 Å². The van der Waals surface area contributed by atoms with Gasteiger partial charge >= 0.3 is 6.09 Å². The third-order valence-electron chi connectivity index (χ3n) is 5.80. The molecule has 2 N–H and O–H groups in total. The summed E-state index contributed by atoms with van der Waals surface area (Å²) in [7, 11) is 0. The van der Waals surface area contributed by atoms with Gasteiger partial charge in [0.25, 0.3) is 5.91 Å². The lowest BCUT2D eigenvalue weighted by Crippen LogP contribution is -2.37. The van der Waals surface area contributed by atoms with E-state index >= 15 is 0 Å². The zero-order valence-corrected chi connectivity index (χ0v) is 20.6. The predicted octanol–water partition coefficient (Wildman–Crippen LogP) is 4.60. The summed E-state index contributed by atoms with van der Waals surface area (Å²) in [5.74, 6) is 1.36. The summed E-state index contributed by atoms with van der Waals surface area (Å²) in [6, 6.07) is 7.19. The van der Waals surface area contributed by atoms with Crippen LogP contribution in [0.25, 0.3) is 11.3 Å². The molecule has 8 heteroatoms. The fourth-order valence-electron chi connectivity index (χ4n) is 4.02. The van der Waals surface area contributed by atoms with E-state index in [1.165, 1.54) is 0 Å². The van der Waals surface area contributed by atoms with Crippen LogP contribution in [-0.2, 0) is 4.74 Å². The van der Waals surface area contributed by atoms with E-state index in [-0.39, 0.29) is 12.0 Å². The molecule has 34 heavy (non-hydrogen) atoms. The normalized spacial score (nSPS) is 18.1. The average Bonchev–Trinajstić information content (AvgIpc) is 2.81. The summed E-state index contributed by atoms with van der Waals surface area (Å²) >= 11 is 0. The molecule has 0 aliphatic heterocycles. The molecule has 2 aromatic heterocycles. The highest BCUT2D eigenvalue weighted by Crippen LogP contribution is 2.28. The van der Waals surface area contributed by atoms with E-state index in [9.17, 15) is 9.59 Å². The Morgan fingerprint density at radius 3 is 2.26 bits per heavy atom. The SMILES string of the molecule is CCOc1ccc(-c2cc(C(=O)NCC3CCC(CNC(=O)OC(C)(C)C)CC3)ccn2)cn1. The van der Waals surface area contributed by atoms with Crippen molar-refractivity contribution in [1.29, 1.82) is 0 Å². The molecule has 3 rings (SSSR count). The second kappa shape index (κ2) is 11.8. The van der Waals surface area contributed by atoms with Crippen LogP contribution in [0.1, 0.15) is 63.7 Å². The van der Waals surface area contributed by atoms with Crippen LogP contribution in [0.3, 0.4) is 0 Å². The molecule has 1 fully saturated rings. The molecule has 0 saturated heterocycles. The Morgan fingerprint density at radius 2 is 1.68 bits per heavy atom. The van der Waals surface area contributed by atoms with Crippen molar-refractivity contribution in [3.63, 3.8) is 0 Å². The third kappa shape index (κ3) is 8.01. The van der Waals surface area contributed by atoms with Crippen LogP contribution in [0, 0.1) is 11.8 Å². The Balaban J connectivity index is 1.43. The summed E-state index contributed by atoms with van der Waals surface area (Å²) in [5.41, 5.74) is 1.62. The lowest BCUT2D eigenvalue weighted by Gasteiger charge is -2.29. The molecule has 0 radical (unpaired) electrons. The van der Waals surface area contributed by atoms with Crippen LogP contribution in [0.15, 0.2) is 36.7 Å². The van der Waals surface area contributed by atoms with E-state index < -0.39 is 5.60 Å². The zero-order chi connectivity index (χ0) is 24.6. The van der Waals surface area contributed by atoms with Crippen LogP contribution in [0.4, 0.5) is 4.79 Å². The molecule has 184 valence electrons. The van der Waals surface area contributed by atoms with Gasteiger partial charge in [0.1, 0.15) is 5.60 Å². The van der Waals surface area contributed by atoms with E-state index in [2.05, 4.69) is 20.6 Å². The molecule has 0 bridgehead atoms. The van der Waals surface area contributed by atoms with E-state index in [4.69, 9.17) is 9.47 Å². The number of carbonyl (C=O) groups excluding carboxylic acids is 2. The molecule has 8 nitrogen and oxygen atoms in total. The molecule has 1 aliphatic carbocycles. The van der Waals surface area contributed by atoms with Gasteiger partial charge in [-0.15, -0.1) is 0 Å².